The van der Waals surface area contributed by atoms with Crippen LogP contribution in [0.1, 0.15) is 24.0 Å². The number of piperidine rings is 1. The van der Waals surface area contributed by atoms with Gasteiger partial charge in [-0.05, 0) is 48.9 Å². The van der Waals surface area contributed by atoms with Crippen LogP contribution < -0.4 is 10.5 Å². The molecule has 2 heterocycles. The van der Waals surface area contributed by atoms with Crippen LogP contribution in [0.2, 0.25) is 0 Å². The minimum Gasteiger partial charge on any atom is -0.370 e. The van der Waals surface area contributed by atoms with Crippen LogP contribution in [0.15, 0.2) is 53.3 Å². The van der Waals surface area contributed by atoms with E-state index >= 15 is 0 Å². The minimum absolute atomic E-state index is 0.208. The molecular weight excluding hydrogens is 353 g/mol. The van der Waals surface area contributed by atoms with Gasteiger partial charge in [-0.2, -0.15) is 5.26 Å². The number of benzene rings is 2. The van der Waals surface area contributed by atoms with Crippen molar-refractivity contribution in [2.75, 3.05) is 18.0 Å². The summed E-state index contributed by atoms with van der Waals surface area (Å²) in [6, 6.07) is 16.6. The third-order valence-corrected chi connectivity index (χ3v) is 5.76. The highest BCUT2D eigenvalue weighted by Crippen LogP contribution is 2.32. The second-order valence-corrected chi connectivity index (χ2v) is 7.48. The summed E-state index contributed by atoms with van der Waals surface area (Å²) in [5.41, 5.74) is 2.73. The monoisotopic (exact) mass is 375 g/mol. The van der Waals surface area contributed by atoms with Crippen molar-refractivity contribution in [3.8, 4) is 6.07 Å². The van der Waals surface area contributed by atoms with E-state index in [0.29, 0.717) is 5.92 Å². The Morgan fingerprint density at radius 1 is 1.11 bits per heavy atom. The van der Waals surface area contributed by atoms with E-state index in [4.69, 9.17) is 0 Å². The molecular formula is C23H22FN3O. The lowest BCUT2D eigenvalue weighted by molar-refractivity contribution is 0.404. The summed E-state index contributed by atoms with van der Waals surface area (Å²) in [5.74, 6) is 0.310. The summed E-state index contributed by atoms with van der Waals surface area (Å²) in [6.07, 6.45) is 2.88. The van der Waals surface area contributed by atoms with Crippen molar-refractivity contribution in [2.45, 2.75) is 19.3 Å². The zero-order valence-electron chi connectivity index (χ0n) is 15.9. The molecule has 28 heavy (non-hydrogen) atoms. The van der Waals surface area contributed by atoms with E-state index in [1.54, 1.807) is 11.6 Å². The van der Waals surface area contributed by atoms with Gasteiger partial charge in [-0.25, -0.2) is 4.39 Å². The fraction of sp³-hybridized carbons (Fsp3) is 0.304. The van der Waals surface area contributed by atoms with Gasteiger partial charge in [-0.1, -0.05) is 30.3 Å². The van der Waals surface area contributed by atoms with E-state index in [1.807, 2.05) is 36.4 Å². The Balaban J connectivity index is 1.60. The van der Waals surface area contributed by atoms with Crippen molar-refractivity contribution in [3.05, 3.63) is 75.8 Å². The molecule has 0 saturated carbocycles. The second-order valence-electron chi connectivity index (χ2n) is 7.48. The Morgan fingerprint density at radius 3 is 2.46 bits per heavy atom. The number of nitrogens with zero attached hydrogens (tertiary/aromatic N) is 3. The number of halogens is 1. The molecule has 2 aromatic carbocycles. The highest BCUT2D eigenvalue weighted by atomic mass is 19.1. The third kappa shape index (κ3) is 3.27. The molecule has 142 valence electrons. The zero-order valence-corrected chi connectivity index (χ0v) is 15.9. The first-order chi connectivity index (χ1) is 13.6. The van der Waals surface area contributed by atoms with Gasteiger partial charge < -0.3 is 9.47 Å². The van der Waals surface area contributed by atoms with Gasteiger partial charge >= 0.3 is 0 Å². The largest absolute Gasteiger partial charge is 0.370 e. The molecule has 1 saturated heterocycles. The fourth-order valence-electron chi connectivity index (χ4n) is 4.22. The molecule has 0 bridgehead atoms. The maximum Gasteiger partial charge on any atom is 0.270 e. The zero-order chi connectivity index (χ0) is 19.7. The van der Waals surface area contributed by atoms with Gasteiger partial charge in [-0.15, -0.1) is 0 Å². The van der Waals surface area contributed by atoms with Crippen LogP contribution in [0.25, 0.3) is 10.9 Å². The first kappa shape index (κ1) is 18.2. The van der Waals surface area contributed by atoms with Crippen LogP contribution in [-0.2, 0) is 13.5 Å². The van der Waals surface area contributed by atoms with E-state index in [2.05, 4.69) is 11.0 Å². The fourth-order valence-corrected chi connectivity index (χ4v) is 4.22. The van der Waals surface area contributed by atoms with Crippen molar-refractivity contribution >= 4 is 16.6 Å². The van der Waals surface area contributed by atoms with Crippen LogP contribution in [0.5, 0.6) is 0 Å². The standard InChI is InChI=1S/C23H22FN3O/c1-26-21-5-3-2-4-19(21)22(20(15-25)23(26)28)27-12-10-17(11-13-27)14-16-6-8-18(24)9-7-16/h2-9,17H,10-14H2,1H3. The van der Waals surface area contributed by atoms with E-state index < -0.39 is 0 Å². The van der Waals surface area contributed by atoms with E-state index in [9.17, 15) is 14.4 Å². The number of para-hydroxylation sites is 1. The van der Waals surface area contributed by atoms with Crippen LogP contribution in [-0.4, -0.2) is 17.7 Å². The Hall–Kier alpha value is -3.13. The summed E-state index contributed by atoms with van der Waals surface area (Å²) >= 11 is 0. The number of pyridine rings is 1. The summed E-state index contributed by atoms with van der Waals surface area (Å²) in [7, 11) is 1.71. The molecule has 0 atom stereocenters. The lowest BCUT2D eigenvalue weighted by Crippen LogP contribution is -2.36. The SMILES string of the molecule is Cn1c(=O)c(C#N)c(N2CCC(Cc3ccc(F)cc3)CC2)c2ccccc21. The van der Waals surface area contributed by atoms with E-state index in [0.717, 1.165) is 54.5 Å². The van der Waals surface area contributed by atoms with Gasteiger partial charge in [0.15, 0.2) is 0 Å². The summed E-state index contributed by atoms with van der Waals surface area (Å²) in [4.78, 5) is 14.9. The number of rotatable bonds is 3. The number of nitriles is 1. The maximum absolute atomic E-state index is 13.1. The predicted octanol–water partition coefficient (Wildman–Crippen LogP) is 4.01. The summed E-state index contributed by atoms with van der Waals surface area (Å²) < 4.78 is 14.7. The Morgan fingerprint density at radius 2 is 1.79 bits per heavy atom. The molecule has 0 radical (unpaired) electrons. The molecule has 5 heteroatoms. The van der Waals surface area contributed by atoms with Gasteiger partial charge in [0.1, 0.15) is 17.4 Å². The van der Waals surface area contributed by atoms with Crippen molar-refractivity contribution in [3.63, 3.8) is 0 Å². The average Bonchev–Trinajstić information content (AvgIpc) is 2.73. The lowest BCUT2D eigenvalue weighted by Gasteiger charge is -2.35. The first-order valence-corrected chi connectivity index (χ1v) is 9.59. The van der Waals surface area contributed by atoms with Crippen LogP contribution in [0, 0.1) is 23.1 Å². The molecule has 0 N–H and O–H groups in total. The molecule has 3 aromatic rings. The Bertz CT molecular complexity index is 1100. The molecule has 1 aromatic heterocycles. The van der Waals surface area contributed by atoms with Crippen LogP contribution >= 0.6 is 0 Å². The molecule has 0 unspecified atom stereocenters. The molecule has 0 aliphatic carbocycles. The minimum atomic E-state index is -0.246. The number of hydrogen-bond acceptors (Lipinski definition) is 3. The predicted molar refractivity (Wildman–Crippen MR) is 109 cm³/mol. The molecule has 4 nitrogen and oxygen atoms in total. The number of aromatic nitrogens is 1. The van der Waals surface area contributed by atoms with Crippen LogP contribution in [0.4, 0.5) is 10.1 Å². The van der Waals surface area contributed by atoms with E-state index in [-0.39, 0.29) is 16.9 Å². The van der Waals surface area contributed by atoms with E-state index in [1.165, 1.54) is 12.1 Å². The molecule has 0 spiro atoms. The van der Waals surface area contributed by atoms with Gasteiger partial charge in [0.25, 0.3) is 5.56 Å². The average molecular weight is 375 g/mol. The first-order valence-electron chi connectivity index (χ1n) is 9.59. The summed E-state index contributed by atoms with van der Waals surface area (Å²) in [5, 5.41) is 10.6. The van der Waals surface area contributed by atoms with Crippen LogP contribution in [0.3, 0.4) is 0 Å². The topological polar surface area (TPSA) is 49.0 Å². The summed E-state index contributed by atoms with van der Waals surface area (Å²) in [6.45, 7) is 1.61. The molecule has 1 aliphatic rings. The van der Waals surface area contributed by atoms with Gasteiger partial charge in [0.2, 0.25) is 0 Å². The number of aryl methyl sites for hydroxylation is 1. The highest BCUT2D eigenvalue weighted by molar-refractivity contribution is 5.94. The second kappa shape index (κ2) is 7.47. The van der Waals surface area contributed by atoms with Crippen molar-refractivity contribution in [1.29, 1.82) is 5.26 Å². The lowest BCUT2D eigenvalue weighted by atomic mass is 9.89. The molecule has 0 amide bonds. The smallest absolute Gasteiger partial charge is 0.270 e. The van der Waals surface area contributed by atoms with Crippen molar-refractivity contribution in [2.24, 2.45) is 13.0 Å². The van der Waals surface area contributed by atoms with Gasteiger partial charge in [0, 0.05) is 25.5 Å². The number of hydrogen-bond donors (Lipinski definition) is 0. The quantitative estimate of drug-likeness (QED) is 0.695. The third-order valence-electron chi connectivity index (χ3n) is 5.76. The van der Waals surface area contributed by atoms with Crippen molar-refractivity contribution < 1.29 is 4.39 Å². The molecule has 1 fully saturated rings. The van der Waals surface area contributed by atoms with Gasteiger partial charge in [0.05, 0.1) is 11.2 Å². The van der Waals surface area contributed by atoms with Crippen molar-refractivity contribution in [1.82, 2.24) is 4.57 Å². The molecule has 1 aliphatic heterocycles. The number of fused-ring (bicyclic) bond motifs is 1. The Labute approximate surface area is 163 Å². The molecule has 4 rings (SSSR count). The van der Waals surface area contributed by atoms with Gasteiger partial charge in [-0.3, -0.25) is 4.79 Å². The normalized spacial score (nSPS) is 15.0. The number of anilines is 1. The highest BCUT2D eigenvalue weighted by Gasteiger charge is 2.25. The maximum atomic E-state index is 13.1. The Kier molecular flexibility index (Phi) is 4.87.